The quantitative estimate of drug-likeness (QED) is 0.695. The van der Waals surface area contributed by atoms with Gasteiger partial charge in [-0.3, -0.25) is 9.59 Å². The highest BCUT2D eigenvalue weighted by Crippen LogP contribution is 2.29. The first-order valence-electron chi connectivity index (χ1n) is 7.26. The van der Waals surface area contributed by atoms with E-state index >= 15 is 0 Å². The molecule has 1 aliphatic heterocycles. The van der Waals surface area contributed by atoms with Gasteiger partial charge in [-0.25, -0.2) is 0 Å². The fraction of sp³-hybridized carbons (Fsp3) is 0.294. The van der Waals surface area contributed by atoms with E-state index in [0.29, 0.717) is 31.7 Å². The zero-order valence-corrected chi connectivity index (χ0v) is 12.1. The van der Waals surface area contributed by atoms with E-state index < -0.39 is 0 Å². The summed E-state index contributed by atoms with van der Waals surface area (Å²) in [5.74, 6) is -0.640. The van der Waals surface area contributed by atoms with Gasteiger partial charge in [-0.05, 0) is 11.5 Å². The fourth-order valence-electron chi connectivity index (χ4n) is 2.64. The summed E-state index contributed by atoms with van der Waals surface area (Å²) in [6.07, 6.45) is -0.230. The second-order valence-electron chi connectivity index (χ2n) is 5.28. The lowest BCUT2D eigenvalue weighted by molar-refractivity contribution is -0.134. The van der Waals surface area contributed by atoms with Gasteiger partial charge in [0.05, 0.1) is 25.2 Å². The predicted octanol–water partition coefficient (Wildman–Crippen LogP) is 1.98. The number of hydrogen-bond donors (Lipinski definition) is 1. The number of ketones is 1. The lowest BCUT2D eigenvalue weighted by atomic mass is 10.0. The number of fused-ring (bicyclic) bond motifs is 1. The Hall–Kier alpha value is -2.40. The van der Waals surface area contributed by atoms with Gasteiger partial charge in [-0.1, -0.05) is 30.3 Å². The Bertz CT molecular complexity index is 720. The summed E-state index contributed by atoms with van der Waals surface area (Å²) in [5, 5.41) is 11.8. The SMILES string of the molecule is O=C(CC(=O)N1CCOCC1)c1ccc2ccccc2c1O. The van der Waals surface area contributed by atoms with Gasteiger partial charge in [0.2, 0.25) is 5.91 Å². The van der Waals surface area contributed by atoms with Crippen LogP contribution in [0.3, 0.4) is 0 Å². The van der Waals surface area contributed by atoms with Gasteiger partial charge in [-0.2, -0.15) is 0 Å². The van der Waals surface area contributed by atoms with Crippen LogP contribution in [-0.2, 0) is 9.53 Å². The summed E-state index contributed by atoms with van der Waals surface area (Å²) in [4.78, 5) is 26.1. The summed E-state index contributed by atoms with van der Waals surface area (Å²) in [5.41, 5.74) is 0.195. The molecule has 0 atom stereocenters. The first-order chi connectivity index (χ1) is 10.7. The molecule has 22 heavy (non-hydrogen) atoms. The number of carbonyl (C=O) groups excluding carboxylic acids is 2. The molecule has 0 saturated carbocycles. The van der Waals surface area contributed by atoms with Gasteiger partial charge in [0.15, 0.2) is 5.78 Å². The number of ether oxygens (including phenoxy) is 1. The molecule has 0 aliphatic carbocycles. The average molecular weight is 299 g/mol. The predicted molar refractivity (Wildman–Crippen MR) is 82.0 cm³/mol. The van der Waals surface area contributed by atoms with Crippen LogP contribution in [0.4, 0.5) is 0 Å². The van der Waals surface area contributed by atoms with Crippen LogP contribution in [0, 0.1) is 0 Å². The number of Topliss-reactive ketones (excluding diaryl/α,β-unsaturated/α-hetero) is 1. The van der Waals surface area contributed by atoms with Crippen LogP contribution < -0.4 is 0 Å². The van der Waals surface area contributed by atoms with Crippen molar-refractivity contribution in [1.29, 1.82) is 0 Å². The summed E-state index contributed by atoms with van der Waals surface area (Å²) in [6, 6.07) is 10.6. The molecule has 5 nitrogen and oxygen atoms in total. The van der Waals surface area contributed by atoms with Crippen molar-refractivity contribution >= 4 is 22.5 Å². The Kier molecular flexibility index (Phi) is 4.06. The molecule has 1 N–H and O–H groups in total. The third-order valence-electron chi connectivity index (χ3n) is 3.88. The molecule has 0 bridgehead atoms. The summed E-state index contributed by atoms with van der Waals surface area (Å²) < 4.78 is 5.19. The highest BCUT2D eigenvalue weighted by atomic mass is 16.5. The molecule has 2 aromatic rings. The van der Waals surface area contributed by atoms with E-state index in [9.17, 15) is 14.7 Å². The number of amides is 1. The Morgan fingerprint density at radius 2 is 1.82 bits per heavy atom. The van der Waals surface area contributed by atoms with Gasteiger partial charge in [0.25, 0.3) is 0 Å². The van der Waals surface area contributed by atoms with Crippen LogP contribution in [0.2, 0.25) is 0 Å². The van der Waals surface area contributed by atoms with E-state index in [0.717, 1.165) is 5.39 Å². The van der Waals surface area contributed by atoms with Gasteiger partial charge in [0.1, 0.15) is 5.75 Å². The largest absolute Gasteiger partial charge is 0.507 e. The van der Waals surface area contributed by atoms with Crippen LogP contribution in [0.15, 0.2) is 36.4 Å². The van der Waals surface area contributed by atoms with Crippen LogP contribution in [0.25, 0.3) is 10.8 Å². The maximum atomic E-state index is 12.3. The molecule has 0 spiro atoms. The Balaban J connectivity index is 1.80. The molecule has 3 rings (SSSR count). The number of morpholine rings is 1. The Labute approximate surface area is 128 Å². The number of phenols is 1. The van der Waals surface area contributed by atoms with Gasteiger partial charge in [-0.15, -0.1) is 0 Å². The van der Waals surface area contributed by atoms with E-state index in [1.807, 2.05) is 12.1 Å². The normalized spacial score (nSPS) is 15.0. The topological polar surface area (TPSA) is 66.8 Å². The molecule has 0 aromatic heterocycles. The molecule has 1 aliphatic rings. The maximum Gasteiger partial charge on any atom is 0.230 e. The van der Waals surface area contributed by atoms with Crippen molar-refractivity contribution in [2.75, 3.05) is 26.3 Å². The van der Waals surface area contributed by atoms with E-state index in [-0.39, 0.29) is 29.4 Å². The second-order valence-corrected chi connectivity index (χ2v) is 5.28. The number of aromatic hydroxyl groups is 1. The van der Waals surface area contributed by atoms with Crippen LogP contribution in [0.1, 0.15) is 16.8 Å². The standard InChI is InChI=1S/C17H17NO4/c19-15(11-16(20)18-7-9-22-10-8-18)14-6-5-12-3-1-2-4-13(12)17(14)21/h1-6,21H,7-11H2. The van der Waals surface area contributed by atoms with Crippen molar-refractivity contribution in [3.05, 3.63) is 42.0 Å². The van der Waals surface area contributed by atoms with Gasteiger partial charge >= 0.3 is 0 Å². The van der Waals surface area contributed by atoms with Crippen molar-refractivity contribution in [3.63, 3.8) is 0 Å². The lowest BCUT2D eigenvalue weighted by Gasteiger charge is -2.26. The van der Waals surface area contributed by atoms with Crippen molar-refractivity contribution in [3.8, 4) is 5.75 Å². The minimum absolute atomic E-state index is 0.0575. The molecule has 1 saturated heterocycles. The minimum atomic E-state index is -0.361. The van der Waals surface area contributed by atoms with Crippen LogP contribution in [-0.4, -0.2) is 48.0 Å². The van der Waals surface area contributed by atoms with Crippen molar-refractivity contribution in [2.24, 2.45) is 0 Å². The number of nitrogens with zero attached hydrogens (tertiary/aromatic N) is 1. The van der Waals surface area contributed by atoms with Gasteiger partial charge in [0, 0.05) is 18.5 Å². The van der Waals surface area contributed by atoms with E-state index in [2.05, 4.69) is 0 Å². The number of rotatable bonds is 3. The summed E-state index contributed by atoms with van der Waals surface area (Å²) in [6.45, 7) is 2.02. The molecule has 2 aromatic carbocycles. The number of hydrogen-bond acceptors (Lipinski definition) is 4. The minimum Gasteiger partial charge on any atom is -0.507 e. The van der Waals surface area contributed by atoms with E-state index in [4.69, 9.17) is 4.74 Å². The molecule has 1 amide bonds. The number of phenolic OH excluding ortho intramolecular Hbond substituents is 1. The first-order valence-corrected chi connectivity index (χ1v) is 7.26. The van der Waals surface area contributed by atoms with Crippen LogP contribution in [0.5, 0.6) is 5.75 Å². The number of benzene rings is 2. The van der Waals surface area contributed by atoms with E-state index in [1.165, 1.54) is 0 Å². The third-order valence-corrected chi connectivity index (χ3v) is 3.88. The third kappa shape index (κ3) is 2.80. The Morgan fingerprint density at radius 1 is 1.09 bits per heavy atom. The smallest absolute Gasteiger partial charge is 0.230 e. The molecule has 5 heteroatoms. The van der Waals surface area contributed by atoms with Crippen molar-refractivity contribution in [1.82, 2.24) is 4.90 Å². The zero-order chi connectivity index (χ0) is 15.5. The monoisotopic (exact) mass is 299 g/mol. The van der Waals surface area contributed by atoms with Crippen molar-refractivity contribution in [2.45, 2.75) is 6.42 Å². The molecular formula is C17H17NO4. The number of carbonyl (C=O) groups is 2. The molecule has 0 unspecified atom stereocenters. The van der Waals surface area contributed by atoms with E-state index in [1.54, 1.807) is 29.2 Å². The Morgan fingerprint density at radius 3 is 2.59 bits per heavy atom. The highest BCUT2D eigenvalue weighted by Gasteiger charge is 2.22. The second kappa shape index (κ2) is 6.15. The maximum absolute atomic E-state index is 12.3. The summed E-state index contributed by atoms with van der Waals surface area (Å²) >= 11 is 0. The molecule has 0 radical (unpaired) electrons. The first kappa shape index (κ1) is 14.5. The highest BCUT2D eigenvalue weighted by molar-refractivity contribution is 6.11. The fourth-order valence-corrected chi connectivity index (χ4v) is 2.64. The zero-order valence-electron chi connectivity index (χ0n) is 12.1. The van der Waals surface area contributed by atoms with Crippen molar-refractivity contribution < 1.29 is 19.4 Å². The molecule has 1 heterocycles. The van der Waals surface area contributed by atoms with Crippen LogP contribution >= 0.6 is 0 Å². The van der Waals surface area contributed by atoms with Gasteiger partial charge < -0.3 is 14.7 Å². The average Bonchev–Trinajstić information content (AvgIpc) is 2.56. The summed E-state index contributed by atoms with van der Waals surface area (Å²) in [7, 11) is 0. The molecular weight excluding hydrogens is 282 g/mol. The molecule has 114 valence electrons. The molecule has 1 fully saturated rings. The lowest BCUT2D eigenvalue weighted by Crippen LogP contribution is -2.41.